The molecule has 0 amide bonds. The van der Waals surface area contributed by atoms with Crippen LogP contribution in [0.25, 0.3) is 0 Å². The fourth-order valence-electron chi connectivity index (χ4n) is 3.44. The van der Waals surface area contributed by atoms with Gasteiger partial charge in [-0.3, -0.25) is 0 Å². The maximum absolute atomic E-state index is 6.43. The summed E-state index contributed by atoms with van der Waals surface area (Å²) in [6, 6.07) is 10.0. The highest BCUT2D eigenvalue weighted by atomic mass is 32.4. The quantitative estimate of drug-likeness (QED) is 0.734. The first-order valence-electron chi connectivity index (χ1n) is 9.07. The van der Waals surface area contributed by atoms with Crippen molar-refractivity contribution in [3.8, 4) is 0 Å². The first kappa shape index (κ1) is 17.8. The SMILES string of the molecule is CN(C)c1ccc2c(c1)N=C(c1ccco1)O[P@]2(=S)N1CCCCCC1. The van der Waals surface area contributed by atoms with Gasteiger partial charge in [0.25, 0.3) is 5.90 Å². The summed E-state index contributed by atoms with van der Waals surface area (Å²) in [7, 11) is 4.06. The molecule has 1 atom stereocenters. The summed E-state index contributed by atoms with van der Waals surface area (Å²) in [4.78, 5) is 6.83. The number of aliphatic imine (C=N–C) groups is 1. The molecule has 1 fully saturated rings. The average Bonchev–Trinajstić information content (AvgIpc) is 3.03. The van der Waals surface area contributed by atoms with Gasteiger partial charge in [-0.1, -0.05) is 12.8 Å². The number of fused-ring (bicyclic) bond motifs is 1. The predicted molar refractivity (Wildman–Crippen MR) is 111 cm³/mol. The Morgan fingerprint density at radius 3 is 2.54 bits per heavy atom. The highest BCUT2D eigenvalue weighted by molar-refractivity contribution is 8.15. The van der Waals surface area contributed by atoms with Gasteiger partial charge in [-0.05, 0) is 55.0 Å². The Bertz CT molecular complexity index is 856. The number of anilines is 1. The van der Waals surface area contributed by atoms with Crippen molar-refractivity contribution >= 4 is 40.8 Å². The van der Waals surface area contributed by atoms with E-state index >= 15 is 0 Å². The molecule has 0 radical (unpaired) electrons. The van der Waals surface area contributed by atoms with Crippen molar-refractivity contribution in [2.24, 2.45) is 4.99 Å². The normalized spacial score (nSPS) is 23.5. The highest BCUT2D eigenvalue weighted by Gasteiger charge is 2.38. The van der Waals surface area contributed by atoms with E-state index in [0.717, 1.165) is 29.8 Å². The molecule has 0 N–H and O–H groups in total. The van der Waals surface area contributed by atoms with E-state index in [-0.39, 0.29) is 0 Å². The molecule has 0 aliphatic carbocycles. The smallest absolute Gasteiger partial charge is 0.262 e. The van der Waals surface area contributed by atoms with Crippen LogP contribution < -0.4 is 10.2 Å². The Balaban J connectivity index is 1.83. The average molecular weight is 389 g/mol. The minimum Gasteiger partial charge on any atom is -0.459 e. The predicted octanol–water partition coefficient (Wildman–Crippen LogP) is 4.26. The van der Waals surface area contributed by atoms with Gasteiger partial charge < -0.3 is 13.8 Å². The lowest BCUT2D eigenvalue weighted by Crippen LogP contribution is -2.32. The molecular formula is C19H24N3O2PS. The van der Waals surface area contributed by atoms with Gasteiger partial charge in [0.15, 0.2) is 5.76 Å². The summed E-state index contributed by atoms with van der Waals surface area (Å²) in [5.74, 6) is 1.14. The van der Waals surface area contributed by atoms with E-state index in [2.05, 4.69) is 27.8 Å². The van der Waals surface area contributed by atoms with E-state index in [4.69, 9.17) is 25.7 Å². The molecule has 0 spiro atoms. The zero-order chi connectivity index (χ0) is 18.1. The first-order valence-corrected chi connectivity index (χ1v) is 11.7. The van der Waals surface area contributed by atoms with Crippen LogP contribution in [-0.4, -0.2) is 37.8 Å². The molecule has 4 rings (SSSR count). The van der Waals surface area contributed by atoms with Gasteiger partial charge in [0.1, 0.15) is 0 Å². The Labute approximate surface area is 159 Å². The zero-order valence-electron chi connectivity index (χ0n) is 15.2. The molecule has 2 aromatic rings. The molecular weight excluding hydrogens is 365 g/mol. The number of hydrogen-bond donors (Lipinski definition) is 0. The van der Waals surface area contributed by atoms with Gasteiger partial charge in [-0.2, -0.15) is 0 Å². The van der Waals surface area contributed by atoms with Crippen molar-refractivity contribution in [1.82, 2.24) is 4.67 Å². The van der Waals surface area contributed by atoms with Crippen molar-refractivity contribution in [1.29, 1.82) is 0 Å². The molecule has 1 aromatic heterocycles. The molecule has 1 aromatic carbocycles. The van der Waals surface area contributed by atoms with Crippen LogP contribution in [0.5, 0.6) is 0 Å². The number of rotatable bonds is 3. The molecule has 5 nitrogen and oxygen atoms in total. The molecule has 3 heterocycles. The van der Waals surface area contributed by atoms with Crippen LogP contribution >= 0.6 is 6.42 Å². The number of benzene rings is 1. The van der Waals surface area contributed by atoms with Gasteiger partial charge >= 0.3 is 0 Å². The lowest BCUT2D eigenvalue weighted by atomic mass is 10.2. The molecule has 26 heavy (non-hydrogen) atoms. The largest absolute Gasteiger partial charge is 0.459 e. The summed E-state index contributed by atoms with van der Waals surface area (Å²) in [6.07, 6.45) is 4.10. The molecule has 138 valence electrons. The van der Waals surface area contributed by atoms with Crippen LogP contribution in [0, 0.1) is 0 Å². The summed E-state index contributed by atoms with van der Waals surface area (Å²) in [5.41, 5.74) is 2.01. The Hall–Kier alpha value is -1.62. The fourth-order valence-corrected chi connectivity index (χ4v) is 6.97. The third-order valence-corrected chi connectivity index (χ3v) is 8.96. The second-order valence-corrected chi connectivity index (χ2v) is 10.7. The number of hydrogen-bond acceptors (Lipinski definition) is 5. The van der Waals surface area contributed by atoms with E-state index in [1.54, 1.807) is 6.26 Å². The van der Waals surface area contributed by atoms with E-state index in [1.165, 1.54) is 25.7 Å². The van der Waals surface area contributed by atoms with Crippen LogP contribution in [-0.2, 0) is 16.3 Å². The minimum absolute atomic E-state index is 0.506. The van der Waals surface area contributed by atoms with Crippen molar-refractivity contribution in [2.45, 2.75) is 25.7 Å². The molecule has 1 saturated heterocycles. The molecule has 2 aliphatic heterocycles. The standard InChI is InChI=1S/C19H24N3O2PS/c1-21(2)15-9-10-18-16(14-15)20-19(17-8-7-13-23-17)24-25(18,26)22-11-5-3-4-6-12-22/h7-10,13-14H,3-6,11-12H2,1-2H3/t25-/m1/s1. The van der Waals surface area contributed by atoms with Crippen LogP contribution in [0.4, 0.5) is 11.4 Å². The second kappa shape index (κ2) is 7.18. The molecule has 2 aliphatic rings. The summed E-state index contributed by atoms with van der Waals surface area (Å²) in [6.45, 7) is 1.97. The van der Waals surface area contributed by atoms with Crippen LogP contribution in [0.3, 0.4) is 0 Å². The summed E-state index contributed by atoms with van der Waals surface area (Å²) >= 11 is 6.23. The van der Waals surface area contributed by atoms with E-state index in [9.17, 15) is 0 Å². The maximum atomic E-state index is 6.43. The molecule has 0 bridgehead atoms. The Morgan fingerprint density at radius 1 is 1.12 bits per heavy atom. The summed E-state index contributed by atoms with van der Waals surface area (Å²) < 4.78 is 14.4. The molecule has 0 unspecified atom stereocenters. The van der Waals surface area contributed by atoms with Gasteiger partial charge in [0.2, 0.25) is 6.42 Å². The maximum Gasteiger partial charge on any atom is 0.262 e. The van der Waals surface area contributed by atoms with Crippen molar-refractivity contribution < 1.29 is 8.94 Å². The lowest BCUT2D eigenvalue weighted by Gasteiger charge is -2.37. The Kier molecular flexibility index (Phi) is 4.91. The van der Waals surface area contributed by atoms with Crippen LogP contribution in [0.2, 0.25) is 0 Å². The lowest BCUT2D eigenvalue weighted by molar-refractivity contribution is 0.419. The highest BCUT2D eigenvalue weighted by Crippen LogP contribution is 2.56. The topological polar surface area (TPSA) is 41.2 Å². The molecule has 0 saturated carbocycles. The minimum atomic E-state index is -2.40. The van der Waals surface area contributed by atoms with E-state index in [1.807, 2.05) is 26.2 Å². The van der Waals surface area contributed by atoms with E-state index in [0.29, 0.717) is 11.7 Å². The second-order valence-electron chi connectivity index (χ2n) is 6.94. The monoisotopic (exact) mass is 389 g/mol. The third kappa shape index (κ3) is 3.22. The van der Waals surface area contributed by atoms with Gasteiger partial charge in [-0.15, -0.1) is 0 Å². The number of nitrogens with zero attached hydrogens (tertiary/aromatic N) is 3. The number of furan rings is 1. The fraction of sp³-hybridized carbons (Fsp3) is 0.421. The summed E-state index contributed by atoms with van der Waals surface area (Å²) in [5, 5.41) is 1.05. The van der Waals surface area contributed by atoms with Crippen LogP contribution in [0.15, 0.2) is 46.0 Å². The van der Waals surface area contributed by atoms with Crippen molar-refractivity contribution in [3.63, 3.8) is 0 Å². The Morgan fingerprint density at radius 2 is 1.88 bits per heavy atom. The van der Waals surface area contributed by atoms with Gasteiger partial charge in [0.05, 0.1) is 17.3 Å². The molecule has 7 heteroatoms. The first-order chi connectivity index (χ1) is 12.6. The third-order valence-electron chi connectivity index (χ3n) is 4.90. The van der Waals surface area contributed by atoms with Crippen molar-refractivity contribution in [2.75, 3.05) is 32.1 Å². The zero-order valence-corrected chi connectivity index (χ0v) is 16.9. The van der Waals surface area contributed by atoms with Crippen LogP contribution in [0.1, 0.15) is 31.4 Å². The van der Waals surface area contributed by atoms with Gasteiger partial charge in [0, 0.05) is 32.9 Å². The van der Waals surface area contributed by atoms with Crippen molar-refractivity contribution in [3.05, 3.63) is 42.4 Å². The van der Waals surface area contributed by atoms with Gasteiger partial charge in [-0.25, -0.2) is 9.66 Å². The van der Waals surface area contributed by atoms with E-state index < -0.39 is 6.42 Å².